The first-order valence-corrected chi connectivity index (χ1v) is 7.32. The molecule has 0 spiro atoms. The number of nitrogens with two attached hydrogens (primary N) is 1. The largest absolute Gasteiger partial charge is 0.380 e. The summed E-state index contributed by atoms with van der Waals surface area (Å²) in [5.74, 6) is -0.434. The molecule has 23 heavy (non-hydrogen) atoms. The van der Waals surface area contributed by atoms with Crippen LogP contribution in [0.1, 0.15) is 36.2 Å². The molecule has 1 heterocycles. The molecule has 2 aromatic rings. The summed E-state index contributed by atoms with van der Waals surface area (Å²) in [5, 5.41) is 3.03. The van der Waals surface area contributed by atoms with Gasteiger partial charge in [-0.3, -0.25) is 4.79 Å². The molecular formula is C17H19FN4O. The molecule has 0 atom stereocenters. The summed E-state index contributed by atoms with van der Waals surface area (Å²) in [5.41, 5.74) is 7.51. The Bertz CT molecular complexity index is 743. The van der Waals surface area contributed by atoms with Gasteiger partial charge in [0.05, 0.1) is 11.3 Å². The van der Waals surface area contributed by atoms with Crippen molar-refractivity contribution in [3.8, 4) is 0 Å². The van der Waals surface area contributed by atoms with E-state index in [1.165, 1.54) is 12.3 Å². The second-order valence-electron chi connectivity index (χ2n) is 5.10. The molecule has 0 aliphatic carbocycles. The number of hydrogen-bond donors (Lipinski definition) is 2. The average molecular weight is 314 g/mol. The highest BCUT2D eigenvalue weighted by Gasteiger charge is 2.11. The van der Waals surface area contributed by atoms with E-state index in [1.54, 1.807) is 24.3 Å². The number of nitrogens with zero attached hydrogens (tertiary/aromatic N) is 2. The maximum absolute atomic E-state index is 13.7. The van der Waals surface area contributed by atoms with Crippen LogP contribution in [0, 0.1) is 5.82 Å². The summed E-state index contributed by atoms with van der Waals surface area (Å²) in [7, 11) is 0. The topological polar surface area (TPSA) is 80.4 Å². The van der Waals surface area contributed by atoms with Crippen molar-refractivity contribution in [3.05, 3.63) is 53.5 Å². The highest BCUT2D eigenvalue weighted by molar-refractivity contribution is 5.98. The van der Waals surface area contributed by atoms with Crippen molar-refractivity contribution in [3.63, 3.8) is 0 Å². The van der Waals surface area contributed by atoms with E-state index in [2.05, 4.69) is 15.3 Å². The number of pyridine rings is 1. The number of carbonyl (C=O) groups is 1. The summed E-state index contributed by atoms with van der Waals surface area (Å²) < 4.78 is 13.7. The van der Waals surface area contributed by atoms with E-state index < -0.39 is 5.91 Å². The first-order chi connectivity index (χ1) is 11.0. The molecule has 2 rings (SSSR count). The number of aliphatic imine (C=N–C) groups is 1. The molecule has 6 heteroatoms. The lowest BCUT2D eigenvalue weighted by atomic mass is 10.1. The number of carbonyl (C=O) groups excluding carboxylic acids is 1. The zero-order valence-electron chi connectivity index (χ0n) is 13.1. The monoisotopic (exact) mass is 314 g/mol. The third-order valence-electron chi connectivity index (χ3n) is 3.40. The van der Waals surface area contributed by atoms with E-state index in [9.17, 15) is 9.18 Å². The van der Waals surface area contributed by atoms with E-state index in [0.29, 0.717) is 17.1 Å². The number of halogens is 1. The SMILES string of the molecule is CCC(C)=Nc1cc(NCc2ccccc2F)c(C(N)=O)cn1. The van der Waals surface area contributed by atoms with Crippen LogP contribution >= 0.6 is 0 Å². The summed E-state index contributed by atoms with van der Waals surface area (Å²) in [6.45, 7) is 4.12. The lowest BCUT2D eigenvalue weighted by molar-refractivity contribution is 0.100. The Hall–Kier alpha value is -2.76. The van der Waals surface area contributed by atoms with Crippen LogP contribution in [0.2, 0.25) is 0 Å². The lowest BCUT2D eigenvalue weighted by Crippen LogP contribution is -2.15. The fourth-order valence-corrected chi connectivity index (χ4v) is 1.95. The van der Waals surface area contributed by atoms with Crippen LogP contribution in [0.15, 0.2) is 41.5 Å². The molecule has 1 amide bonds. The van der Waals surface area contributed by atoms with Gasteiger partial charge in [-0.1, -0.05) is 25.1 Å². The maximum atomic E-state index is 13.7. The van der Waals surface area contributed by atoms with Crippen LogP contribution in [0.25, 0.3) is 0 Å². The third-order valence-corrected chi connectivity index (χ3v) is 3.40. The van der Waals surface area contributed by atoms with Crippen LogP contribution in [-0.2, 0) is 6.54 Å². The molecule has 120 valence electrons. The highest BCUT2D eigenvalue weighted by Crippen LogP contribution is 2.22. The van der Waals surface area contributed by atoms with E-state index in [4.69, 9.17) is 5.73 Å². The first kappa shape index (κ1) is 16.6. The van der Waals surface area contributed by atoms with Gasteiger partial charge in [0.1, 0.15) is 5.82 Å². The van der Waals surface area contributed by atoms with Crippen molar-refractivity contribution in [1.82, 2.24) is 4.98 Å². The Morgan fingerprint density at radius 3 is 2.78 bits per heavy atom. The number of anilines is 1. The first-order valence-electron chi connectivity index (χ1n) is 7.32. The Kier molecular flexibility index (Phi) is 5.41. The molecule has 1 aromatic carbocycles. The molecule has 0 aliphatic heterocycles. The third kappa shape index (κ3) is 4.35. The van der Waals surface area contributed by atoms with Gasteiger partial charge in [-0.25, -0.2) is 14.4 Å². The molecule has 0 bridgehead atoms. The molecule has 0 radical (unpaired) electrons. The normalized spacial score (nSPS) is 11.3. The molecule has 0 aliphatic rings. The zero-order valence-corrected chi connectivity index (χ0v) is 13.1. The minimum absolute atomic E-state index is 0.229. The fraction of sp³-hybridized carbons (Fsp3) is 0.235. The predicted molar refractivity (Wildman–Crippen MR) is 89.5 cm³/mol. The van der Waals surface area contributed by atoms with Crippen molar-refractivity contribution in [2.75, 3.05) is 5.32 Å². The Morgan fingerprint density at radius 1 is 1.39 bits per heavy atom. The van der Waals surface area contributed by atoms with Crippen LogP contribution in [-0.4, -0.2) is 16.6 Å². The lowest BCUT2D eigenvalue weighted by Gasteiger charge is -2.11. The molecule has 0 unspecified atom stereocenters. The van der Waals surface area contributed by atoms with Crippen molar-refractivity contribution >= 4 is 23.1 Å². The summed E-state index contributed by atoms with van der Waals surface area (Å²) in [4.78, 5) is 20.0. The maximum Gasteiger partial charge on any atom is 0.252 e. The van der Waals surface area contributed by atoms with Gasteiger partial charge in [0.2, 0.25) is 0 Å². The van der Waals surface area contributed by atoms with Crippen molar-refractivity contribution in [2.45, 2.75) is 26.8 Å². The Balaban J connectivity index is 2.29. The second kappa shape index (κ2) is 7.49. The van der Waals surface area contributed by atoms with Crippen LogP contribution in [0.5, 0.6) is 0 Å². The smallest absolute Gasteiger partial charge is 0.252 e. The second-order valence-corrected chi connectivity index (χ2v) is 5.10. The number of aromatic nitrogens is 1. The number of primary amides is 1. The summed E-state index contributed by atoms with van der Waals surface area (Å²) in [6, 6.07) is 8.08. The molecule has 0 saturated heterocycles. The van der Waals surface area contributed by atoms with Crippen LogP contribution < -0.4 is 11.1 Å². The van der Waals surface area contributed by atoms with Gasteiger partial charge < -0.3 is 11.1 Å². The number of hydrogen-bond acceptors (Lipinski definition) is 4. The van der Waals surface area contributed by atoms with Crippen molar-refractivity contribution in [1.29, 1.82) is 0 Å². The van der Waals surface area contributed by atoms with Gasteiger partial charge in [0.15, 0.2) is 5.82 Å². The van der Waals surface area contributed by atoms with E-state index in [0.717, 1.165) is 12.1 Å². The zero-order chi connectivity index (χ0) is 16.8. The molecule has 3 N–H and O–H groups in total. The van der Waals surface area contributed by atoms with Gasteiger partial charge in [-0.15, -0.1) is 0 Å². The molecule has 1 aromatic heterocycles. The predicted octanol–water partition coefficient (Wildman–Crippen LogP) is 3.43. The fourth-order valence-electron chi connectivity index (χ4n) is 1.95. The minimum atomic E-state index is -0.601. The standard InChI is InChI=1S/C17H19FN4O/c1-3-11(2)22-16-8-15(13(10-21-16)17(19)23)20-9-12-6-4-5-7-14(12)18/h4-8,10H,3,9H2,1-2H3,(H2,19,23)(H,20,21). The van der Waals surface area contributed by atoms with E-state index >= 15 is 0 Å². The molecule has 0 saturated carbocycles. The molecule has 5 nitrogen and oxygen atoms in total. The number of rotatable bonds is 6. The number of benzene rings is 1. The van der Waals surface area contributed by atoms with E-state index in [-0.39, 0.29) is 17.9 Å². The summed E-state index contributed by atoms with van der Waals surface area (Å²) >= 11 is 0. The van der Waals surface area contributed by atoms with Crippen LogP contribution in [0.4, 0.5) is 15.9 Å². The van der Waals surface area contributed by atoms with Crippen LogP contribution in [0.3, 0.4) is 0 Å². The van der Waals surface area contributed by atoms with Gasteiger partial charge in [0.25, 0.3) is 5.91 Å². The van der Waals surface area contributed by atoms with Crippen molar-refractivity contribution in [2.24, 2.45) is 10.7 Å². The number of nitrogens with one attached hydrogen (secondary N) is 1. The van der Waals surface area contributed by atoms with Gasteiger partial charge >= 0.3 is 0 Å². The Morgan fingerprint density at radius 2 is 2.13 bits per heavy atom. The molecular weight excluding hydrogens is 295 g/mol. The van der Waals surface area contributed by atoms with E-state index in [1.807, 2.05) is 13.8 Å². The van der Waals surface area contributed by atoms with Crippen molar-refractivity contribution < 1.29 is 9.18 Å². The Labute approximate surface area is 134 Å². The average Bonchev–Trinajstić information content (AvgIpc) is 2.54. The van der Waals surface area contributed by atoms with Gasteiger partial charge in [-0.05, 0) is 19.4 Å². The highest BCUT2D eigenvalue weighted by atomic mass is 19.1. The van der Waals surface area contributed by atoms with Gasteiger partial charge in [-0.2, -0.15) is 0 Å². The van der Waals surface area contributed by atoms with Gasteiger partial charge in [0, 0.05) is 30.1 Å². The summed E-state index contributed by atoms with van der Waals surface area (Å²) in [6.07, 6.45) is 2.19. The number of amides is 1. The molecule has 0 fully saturated rings. The minimum Gasteiger partial charge on any atom is -0.380 e. The quantitative estimate of drug-likeness (QED) is 0.802.